The fourth-order valence-electron chi connectivity index (χ4n) is 2.38. The number of para-hydroxylation sites is 1. The minimum atomic E-state index is -0.350. The predicted molar refractivity (Wildman–Crippen MR) is 107 cm³/mol. The number of ether oxygens (including phenoxy) is 3. The molecule has 2 aromatic rings. The van der Waals surface area contributed by atoms with Gasteiger partial charge in [0.15, 0.2) is 0 Å². The first-order valence-corrected chi connectivity index (χ1v) is 8.94. The number of carbonyl (C=O) groups excluding carboxylic acids is 1. The number of hydrogen-bond acceptors (Lipinski definition) is 5. The first-order chi connectivity index (χ1) is 12.9. The van der Waals surface area contributed by atoms with Gasteiger partial charge in [-0.2, -0.15) is 0 Å². The molecule has 7 heteroatoms. The van der Waals surface area contributed by atoms with E-state index in [1.54, 1.807) is 38.5 Å². The molecule has 0 unspecified atom stereocenters. The number of likely N-dealkylation sites (N-methyl/N-ethyl adjacent to an activating group) is 1. The summed E-state index contributed by atoms with van der Waals surface area (Å²) in [5, 5.41) is 3.45. The summed E-state index contributed by atoms with van der Waals surface area (Å²) in [7, 11) is 5.00. The lowest BCUT2D eigenvalue weighted by Gasteiger charge is -2.24. The second-order valence-corrected chi connectivity index (χ2v) is 6.43. The number of rotatable bonds is 9. The molecule has 0 fully saturated rings. The van der Waals surface area contributed by atoms with Crippen molar-refractivity contribution in [1.29, 1.82) is 0 Å². The molecule has 2 aromatic carbocycles. The number of anilines is 1. The van der Waals surface area contributed by atoms with Crippen LogP contribution in [0, 0.1) is 0 Å². The lowest BCUT2D eigenvalue weighted by Crippen LogP contribution is -2.41. The Kier molecular flexibility index (Phi) is 7.76. The summed E-state index contributed by atoms with van der Waals surface area (Å²) in [6.45, 7) is 2.83. The molecule has 1 amide bonds. The van der Waals surface area contributed by atoms with Gasteiger partial charge < -0.3 is 19.5 Å². The number of carbonyl (C=O) groups is 1. The standard InChI is InChI=1S/C20H25ClN2O4/c1-14(23(2)9-10-27-19-8-6-5-7-18(19)21)20(24)22-15-11-16(25-3)13-17(12-15)26-4/h5-8,11-14H,9-10H2,1-4H3,(H,22,24)/t14-/m1/s1. The first-order valence-electron chi connectivity index (χ1n) is 8.56. The summed E-state index contributed by atoms with van der Waals surface area (Å²) < 4.78 is 16.1. The quantitative estimate of drug-likeness (QED) is 0.705. The van der Waals surface area contributed by atoms with Crippen LogP contribution < -0.4 is 19.5 Å². The molecule has 0 bridgehead atoms. The van der Waals surface area contributed by atoms with Gasteiger partial charge in [-0.25, -0.2) is 0 Å². The molecule has 0 aliphatic rings. The maximum atomic E-state index is 12.5. The minimum Gasteiger partial charge on any atom is -0.497 e. The molecule has 0 saturated carbocycles. The minimum absolute atomic E-state index is 0.134. The van der Waals surface area contributed by atoms with Crippen molar-refractivity contribution in [3.8, 4) is 17.2 Å². The van der Waals surface area contributed by atoms with Crippen LogP contribution in [0.2, 0.25) is 5.02 Å². The number of amides is 1. The van der Waals surface area contributed by atoms with Gasteiger partial charge in [0.25, 0.3) is 0 Å². The lowest BCUT2D eigenvalue weighted by atomic mass is 10.2. The van der Waals surface area contributed by atoms with Crippen molar-refractivity contribution in [2.75, 3.05) is 39.7 Å². The van der Waals surface area contributed by atoms with E-state index in [9.17, 15) is 4.79 Å². The monoisotopic (exact) mass is 392 g/mol. The molecular weight excluding hydrogens is 368 g/mol. The molecule has 0 aliphatic heterocycles. The Hall–Kier alpha value is -2.44. The Labute approximate surface area is 165 Å². The van der Waals surface area contributed by atoms with E-state index < -0.39 is 0 Å². The Morgan fingerprint density at radius 1 is 1.15 bits per heavy atom. The van der Waals surface area contributed by atoms with Gasteiger partial charge in [0.1, 0.15) is 23.9 Å². The molecule has 6 nitrogen and oxygen atoms in total. The van der Waals surface area contributed by atoms with Crippen molar-refractivity contribution in [2.45, 2.75) is 13.0 Å². The van der Waals surface area contributed by atoms with Crippen molar-refractivity contribution in [1.82, 2.24) is 4.90 Å². The summed E-state index contributed by atoms with van der Waals surface area (Å²) in [4.78, 5) is 14.5. The molecule has 146 valence electrons. The Morgan fingerprint density at radius 3 is 2.37 bits per heavy atom. The first kappa shape index (κ1) is 20.9. The average molecular weight is 393 g/mol. The number of nitrogens with one attached hydrogen (secondary N) is 1. The number of halogens is 1. The van der Waals surface area contributed by atoms with Crippen LogP contribution in [-0.2, 0) is 4.79 Å². The number of methoxy groups -OCH3 is 2. The highest BCUT2D eigenvalue weighted by Gasteiger charge is 2.18. The van der Waals surface area contributed by atoms with E-state index in [2.05, 4.69) is 5.32 Å². The van der Waals surface area contributed by atoms with Gasteiger partial charge in [-0.1, -0.05) is 23.7 Å². The zero-order chi connectivity index (χ0) is 19.8. The third-order valence-corrected chi connectivity index (χ3v) is 4.51. The number of hydrogen-bond donors (Lipinski definition) is 1. The van der Waals surface area contributed by atoms with Gasteiger partial charge in [-0.05, 0) is 26.1 Å². The second kappa shape index (κ2) is 10.0. The van der Waals surface area contributed by atoms with Crippen molar-refractivity contribution < 1.29 is 19.0 Å². The molecule has 27 heavy (non-hydrogen) atoms. The van der Waals surface area contributed by atoms with Crippen LogP contribution in [0.25, 0.3) is 0 Å². The zero-order valence-electron chi connectivity index (χ0n) is 16.0. The maximum absolute atomic E-state index is 12.5. The molecule has 0 spiro atoms. The SMILES string of the molecule is COc1cc(NC(=O)[C@@H](C)N(C)CCOc2ccccc2Cl)cc(OC)c1. The molecule has 2 rings (SSSR count). The largest absolute Gasteiger partial charge is 0.497 e. The summed E-state index contributed by atoms with van der Waals surface area (Å²) in [6.07, 6.45) is 0. The van der Waals surface area contributed by atoms with Crippen LogP contribution in [0.1, 0.15) is 6.92 Å². The Balaban J connectivity index is 1.89. The summed E-state index contributed by atoms with van der Waals surface area (Å²) in [5.74, 6) is 1.72. The van der Waals surface area contributed by atoms with Crippen molar-refractivity contribution in [3.63, 3.8) is 0 Å². The van der Waals surface area contributed by atoms with E-state index in [0.717, 1.165) is 0 Å². The van der Waals surface area contributed by atoms with E-state index >= 15 is 0 Å². The van der Waals surface area contributed by atoms with E-state index in [1.165, 1.54) is 0 Å². The maximum Gasteiger partial charge on any atom is 0.241 e. The fraction of sp³-hybridized carbons (Fsp3) is 0.350. The summed E-state index contributed by atoms with van der Waals surface area (Å²) in [5.41, 5.74) is 0.615. The van der Waals surface area contributed by atoms with Crippen LogP contribution in [0.4, 0.5) is 5.69 Å². The lowest BCUT2D eigenvalue weighted by molar-refractivity contribution is -0.120. The van der Waals surface area contributed by atoms with E-state index in [-0.39, 0.29) is 11.9 Å². The van der Waals surface area contributed by atoms with Gasteiger partial charge in [0.05, 0.1) is 25.3 Å². The van der Waals surface area contributed by atoms with Crippen LogP contribution in [-0.4, -0.2) is 51.3 Å². The molecule has 0 aliphatic carbocycles. The molecule has 0 heterocycles. The van der Waals surface area contributed by atoms with Crippen molar-refractivity contribution in [2.24, 2.45) is 0 Å². The molecule has 0 radical (unpaired) electrons. The smallest absolute Gasteiger partial charge is 0.241 e. The average Bonchev–Trinajstić information content (AvgIpc) is 2.68. The van der Waals surface area contributed by atoms with Crippen LogP contribution in [0.15, 0.2) is 42.5 Å². The van der Waals surface area contributed by atoms with Crippen molar-refractivity contribution in [3.05, 3.63) is 47.5 Å². The van der Waals surface area contributed by atoms with Crippen molar-refractivity contribution >= 4 is 23.2 Å². The summed E-state index contributed by atoms with van der Waals surface area (Å²) in [6, 6.07) is 12.2. The van der Waals surface area contributed by atoms with Crippen LogP contribution in [0.5, 0.6) is 17.2 Å². The summed E-state index contributed by atoms with van der Waals surface area (Å²) >= 11 is 6.07. The van der Waals surface area contributed by atoms with E-state index in [1.807, 2.05) is 37.1 Å². The molecule has 1 N–H and O–H groups in total. The molecule has 0 aromatic heterocycles. The zero-order valence-corrected chi connectivity index (χ0v) is 16.7. The molecular formula is C20H25ClN2O4. The normalized spacial score (nSPS) is 11.8. The van der Waals surface area contributed by atoms with Crippen LogP contribution in [0.3, 0.4) is 0 Å². The number of nitrogens with zero attached hydrogens (tertiary/aromatic N) is 1. The topological polar surface area (TPSA) is 60.0 Å². The van der Waals surface area contributed by atoms with Gasteiger partial charge >= 0.3 is 0 Å². The Morgan fingerprint density at radius 2 is 1.78 bits per heavy atom. The molecule has 1 atom stereocenters. The molecule has 0 saturated heterocycles. The predicted octanol–water partition coefficient (Wildman–Crippen LogP) is 3.70. The Bertz CT molecular complexity index is 747. The highest BCUT2D eigenvalue weighted by atomic mass is 35.5. The van der Waals surface area contributed by atoms with Gasteiger partial charge in [-0.15, -0.1) is 0 Å². The third kappa shape index (κ3) is 6.05. The third-order valence-electron chi connectivity index (χ3n) is 4.20. The van der Waals surface area contributed by atoms with Gasteiger partial charge in [-0.3, -0.25) is 9.69 Å². The number of benzene rings is 2. The van der Waals surface area contributed by atoms with Gasteiger partial charge in [0, 0.05) is 30.4 Å². The van der Waals surface area contributed by atoms with Crippen LogP contribution >= 0.6 is 11.6 Å². The fourth-order valence-corrected chi connectivity index (χ4v) is 2.57. The second-order valence-electron chi connectivity index (χ2n) is 6.03. The highest BCUT2D eigenvalue weighted by Crippen LogP contribution is 2.26. The highest BCUT2D eigenvalue weighted by molar-refractivity contribution is 6.32. The van der Waals surface area contributed by atoms with Gasteiger partial charge in [0.2, 0.25) is 5.91 Å². The van der Waals surface area contributed by atoms with E-state index in [0.29, 0.717) is 41.1 Å². The van der Waals surface area contributed by atoms with E-state index in [4.69, 9.17) is 25.8 Å².